The van der Waals surface area contributed by atoms with Crippen molar-refractivity contribution in [1.82, 2.24) is 30.0 Å². The Balaban J connectivity index is 1.32. The Bertz CT molecular complexity index is 949. The van der Waals surface area contributed by atoms with Gasteiger partial charge in [0.05, 0.1) is 5.75 Å². The van der Waals surface area contributed by atoms with E-state index < -0.39 is 0 Å². The van der Waals surface area contributed by atoms with E-state index in [0.717, 1.165) is 41.3 Å². The van der Waals surface area contributed by atoms with Crippen LogP contribution >= 0.6 is 23.1 Å². The molecule has 1 aliphatic rings. The number of carbonyl (C=O) groups is 1. The number of amides is 1. The third kappa shape index (κ3) is 5.04. The van der Waals surface area contributed by atoms with Gasteiger partial charge in [-0.15, -0.1) is 21.5 Å². The molecule has 0 unspecified atom stereocenters. The molecule has 7 nitrogen and oxygen atoms in total. The summed E-state index contributed by atoms with van der Waals surface area (Å²) in [5.74, 6) is 1.40. The molecule has 0 atom stereocenters. The predicted octanol–water partition coefficient (Wildman–Crippen LogP) is 3.15. The summed E-state index contributed by atoms with van der Waals surface area (Å²) in [5.41, 5.74) is 1.53. The lowest BCUT2D eigenvalue weighted by molar-refractivity contribution is 0.0945. The smallest absolute Gasteiger partial charge is 0.270 e. The maximum absolute atomic E-state index is 12.3. The second-order valence-electron chi connectivity index (χ2n) is 6.92. The molecule has 2 aromatic heterocycles. The van der Waals surface area contributed by atoms with Crippen LogP contribution in [0, 0.1) is 6.92 Å². The van der Waals surface area contributed by atoms with Gasteiger partial charge in [-0.2, -0.15) is 0 Å². The Labute approximate surface area is 178 Å². The molecule has 0 aliphatic carbocycles. The molecule has 1 amide bonds. The summed E-state index contributed by atoms with van der Waals surface area (Å²) in [6, 6.07) is 10.1. The van der Waals surface area contributed by atoms with E-state index in [4.69, 9.17) is 0 Å². The number of hydrogen-bond acceptors (Lipinski definition) is 7. The van der Waals surface area contributed by atoms with Gasteiger partial charge in [0, 0.05) is 24.2 Å². The number of thioether (sulfide) groups is 1. The first-order valence-corrected chi connectivity index (χ1v) is 11.6. The SMILES string of the molecule is Cc1nnc(SCc2nc(C(=O)NCCN3CCCC3)cs2)n1-c1ccccc1. The van der Waals surface area contributed by atoms with E-state index in [9.17, 15) is 4.79 Å². The van der Waals surface area contributed by atoms with Gasteiger partial charge in [-0.25, -0.2) is 4.98 Å². The number of thiazole rings is 1. The molecule has 4 rings (SSSR count). The van der Waals surface area contributed by atoms with Crippen LogP contribution in [0.3, 0.4) is 0 Å². The van der Waals surface area contributed by atoms with Crippen LogP contribution in [0.4, 0.5) is 0 Å². The first-order valence-electron chi connectivity index (χ1n) is 9.76. The number of nitrogens with zero attached hydrogens (tertiary/aromatic N) is 5. The second kappa shape index (κ2) is 9.51. The topological polar surface area (TPSA) is 75.9 Å². The predicted molar refractivity (Wildman–Crippen MR) is 116 cm³/mol. The maximum atomic E-state index is 12.3. The number of rotatable bonds is 8. The molecule has 0 saturated carbocycles. The number of benzene rings is 1. The summed E-state index contributed by atoms with van der Waals surface area (Å²) >= 11 is 3.08. The van der Waals surface area contributed by atoms with Crippen molar-refractivity contribution < 1.29 is 4.79 Å². The van der Waals surface area contributed by atoms with Crippen LogP contribution in [0.1, 0.15) is 34.2 Å². The van der Waals surface area contributed by atoms with E-state index in [-0.39, 0.29) is 5.91 Å². The van der Waals surface area contributed by atoms with E-state index in [0.29, 0.717) is 18.0 Å². The monoisotopic (exact) mass is 428 g/mol. The minimum Gasteiger partial charge on any atom is -0.349 e. The van der Waals surface area contributed by atoms with E-state index in [1.807, 2.05) is 47.2 Å². The van der Waals surface area contributed by atoms with Crippen molar-refractivity contribution in [1.29, 1.82) is 0 Å². The molecule has 3 heterocycles. The van der Waals surface area contributed by atoms with E-state index in [2.05, 4.69) is 25.4 Å². The fourth-order valence-corrected chi connectivity index (χ4v) is 5.13. The van der Waals surface area contributed by atoms with Gasteiger partial charge >= 0.3 is 0 Å². The van der Waals surface area contributed by atoms with Crippen LogP contribution in [0.15, 0.2) is 40.9 Å². The summed E-state index contributed by atoms with van der Waals surface area (Å²) < 4.78 is 2.03. The molecule has 0 radical (unpaired) electrons. The van der Waals surface area contributed by atoms with Crippen LogP contribution < -0.4 is 5.32 Å². The highest BCUT2D eigenvalue weighted by Crippen LogP contribution is 2.26. The minimum absolute atomic E-state index is 0.0972. The lowest BCUT2D eigenvalue weighted by Crippen LogP contribution is -2.33. The lowest BCUT2D eigenvalue weighted by atomic mass is 10.3. The number of aromatic nitrogens is 4. The zero-order chi connectivity index (χ0) is 20.1. The van der Waals surface area contributed by atoms with Gasteiger partial charge in [0.25, 0.3) is 5.91 Å². The minimum atomic E-state index is -0.0972. The van der Waals surface area contributed by atoms with Crippen molar-refractivity contribution in [2.24, 2.45) is 0 Å². The van der Waals surface area contributed by atoms with Crippen molar-refractivity contribution in [3.8, 4) is 5.69 Å². The average molecular weight is 429 g/mol. The average Bonchev–Trinajstić information content (AvgIpc) is 3.48. The fraction of sp³-hybridized carbons (Fsp3) is 0.400. The maximum Gasteiger partial charge on any atom is 0.270 e. The summed E-state index contributed by atoms with van der Waals surface area (Å²) in [6.45, 7) is 5.80. The molecule has 1 N–H and O–H groups in total. The summed E-state index contributed by atoms with van der Waals surface area (Å²) in [7, 11) is 0. The highest BCUT2D eigenvalue weighted by Gasteiger charge is 2.15. The third-order valence-corrected chi connectivity index (χ3v) is 6.80. The molecular weight excluding hydrogens is 404 g/mol. The number of nitrogens with one attached hydrogen (secondary N) is 1. The number of aryl methyl sites for hydroxylation is 1. The summed E-state index contributed by atoms with van der Waals surface area (Å²) in [4.78, 5) is 19.2. The largest absolute Gasteiger partial charge is 0.349 e. The van der Waals surface area contributed by atoms with Gasteiger partial charge in [0.15, 0.2) is 5.16 Å². The van der Waals surface area contributed by atoms with E-state index in [1.165, 1.54) is 24.2 Å². The number of likely N-dealkylation sites (tertiary alicyclic amines) is 1. The van der Waals surface area contributed by atoms with Crippen LogP contribution in [0.2, 0.25) is 0 Å². The normalized spacial score (nSPS) is 14.4. The molecule has 9 heteroatoms. The van der Waals surface area contributed by atoms with Crippen LogP contribution in [0.25, 0.3) is 5.69 Å². The molecule has 3 aromatic rings. The Morgan fingerprint density at radius 3 is 2.79 bits per heavy atom. The van der Waals surface area contributed by atoms with Crippen LogP contribution in [-0.2, 0) is 5.75 Å². The number of para-hydroxylation sites is 1. The van der Waals surface area contributed by atoms with Crippen LogP contribution in [-0.4, -0.2) is 56.7 Å². The van der Waals surface area contributed by atoms with Gasteiger partial charge in [0.2, 0.25) is 0 Å². The van der Waals surface area contributed by atoms with Crippen molar-refractivity contribution >= 4 is 29.0 Å². The zero-order valence-corrected chi connectivity index (χ0v) is 18.0. The molecule has 0 bridgehead atoms. The first kappa shape index (κ1) is 20.1. The zero-order valence-electron chi connectivity index (χ0n) is 16.4. The van der Waals surface area contributed by atoms with Gasteiger partial charge in [-0.05, 0) is 45.0 Å². The molecule has 1 aliphatic heterocycles. The Kier molecular flexibility index (Phi) is 6.58. The van der Waals surface area contributed by atoms with Crippen LogP contribution in [0.5, 0.6) is 0 Å². The highest BCUT2D eigenvalue weighted by atomic mass is 32.2. The van der Waals surface area contributed by atoms with E-state index in [1.54, 1.807) is 11.8 Å². The van der Waals surface area contributed by atoms with Gasteiger partial charge in [-0.1, -0.05) is 30.0 Å². The van der Waals surface area contributed by atoms with Gasteiger partial charge in [0.1, 0.15) is 16.5 Å². The van der Waals surface area contributed by atoms with Gasteiger partial charge < -0.3 is 10.2 Å². The summed E-state index contributed by atoms with van der Waals surface area (Å²) in [6.07, 6.45) is 2.53. The Hall–Kier alpha value is -2.23. The second-order valence-corrected chi connectivity index (χ2v) is 8.81. The molecule has 0 spiro atoms. The standard InChI is InChI=1S/C20H24N6OS2/c1-15-23-24-20(26(15)16-7-3-2-4-8-16)29-14-18-22-17(13-28-18)19(27)21-9-12-25-10-5-6-11-25/h2-4,7-8,13H,5-6,9-12,14H2,1H3,(H,21,27). The van der Waals surface area contributed by atoms with Crippen molar-refractivity contribution in [3.05, 3.63) is 52.2 Å². The quantitative estimate of drug-likeness (QED) is 0.556. The van der Waals surface area contributed by atoms with Crippen molar-refractivity contribution in [2.45, 2.75) is 30.7 Å². The third-order valence-electron chi connectivity index (χ3n) is 4.83. The van der Waals surface area contributed by atoms with E-state index >= 15 is 0 Å². The molecule has 1 fully saturated rings. The molecule has 152 valence electrons. The number of hydrogen-bond donors (Lipinski definition) is 1. The fourth-order valence-electron chi connectivity index (χ4n) is 3.34. The molecular formula is C20H24N6OS2. The Morgan fingerprint density at radius 2 is 2.00 bits per heavy atom. The Morgan fingerprint density at radius 1 is 1.21 bits per heavy atom. The highest BCUT2D eigenvalue weighted by molar-refractivity contribution is 7.98. The summed E-state index contributed by atoms with van der Waals surface area (Å²) in [5, 5.41) is 15.0. The van der Waals surface area contributed by atoms with Gasteiger partial charge in [-0.3, -0.25) is 9.36 Å². The lowest BCUT2D eigenvalue weighted by Gasteiger charge is -2.14. The molecule has 1 aromatic carbocycles. The van der Waals surface area contributed by atoms with Crippen molar-refractivity contribution in [3.63, 3.8) is 0 Å². The first-order chi connectivity index (χ1) is 14.2. The molecule has 1 saturated heterocycles. The van der Waals surface area contributed by atoms with Crippen molar-refractivity contribution in [2.75, 3.05) is 26.2 Å². The molecule has 29 heavy (non-hydrogen) atoms. The number of carbonyl (C=O) groups excluding carboxylic acids is 1.